The molecule has 1 N–H and O–H groups in total. The van der Waals surface area contributed by atoms with Gasteiger partial charge in [0.25, 0.3) is 5.91 Å². The third kappa shape index (κ3) is 3.51. The number of methoxy groups -OCH3 is 1. The second kappa shape index (κ2) is 5.99. The fourth-order valence-electron chi connectivity index (χ4n) is 2.73. The summed E-state index contributed by atoms with van der Waals surface area (Å²) in [6.45, 7) is 1.22. The topological polar surface area (TPSA) is 53.0 Å². The minimum atomic E-state index is -0.899. The van der Waals surface area contributed by atoms with Gasteiger partial charge in [0, 0.05) is 18.7 Å². The summed E-state index contributed by atoms with van der Waals surface area (Å²) in [6, 6.07) is 4.14. The highest BCUT2D eigenvalue weighted by Crippen LogP contribution is 2.25. The van der Waals surface area contributed by atoms with Crippen LogP contribution < -0.4 is 4.74 Å². The Labute approximate surface area is 123 Å². The lowest BCUT2D eigenvalue weighted by atomic mass is 10.0. The number of halogens is 1. The van der Waals surface area contributed by atoms with Crippen molar-refractivity contribution < 1.29 is 19.0 Å². The quantitative estimate of drug-likeness (QED) is 0.899. The fourth-order valence-corrected chi connectivity index (χ4v) is 2.73. The maximum Gasteiger partial charge on any atom is 0.254 e. The van der Waals surface area contributed by atoms with E-state index in [1.54, 1.807) is 4.90 Å². The number of carbonyl (C=O) groups is 1. The Bertz CT molecular complexity index is 536. The normalized spacial score (nSPS) is 21.9. The molecule has 1 unspecified atom stereocenters. The van der Waals surface area contributed by atoms with Crippen LogP contribution in [0.4, 0.5) is 4.39 Å². The number of hydrogen-bond acceptors (Lipinski definition) is 4. The average molecular weight is 296 g/mol. The van der Waals surface area contributed by atoms with Crippen molar-refractivity contribution in [2.75, 3.05) is 40.8 Å². The van der Waals surface area contributed by atoms with E-state index >= 15 is 0 Å². The molecule has 1 fully saturated rings. The Morgan fingerprint density at radius 2 is 2.24 bits per heavy atom. The molecular weight excluding hydrogens is 275 g/mol. The van der Waals surface area contributed by atoms with Crippen LogP contribution in [-0.2, 0) is 0 Å². The number of likely N-dealkylation sites (N-methyl/N-ethyl adjacent to an activating group) is 1. The van der Waals surface area contributed by atoms with Crippen molar-refractivity contribution in [2.45, 2.75) is 12.0 Å². The molecule has 1 amide bonds. The molecule has 0 aromatic heterocycles. The first kappa shape index (κ1) is 15.7. The van der Waals surface area contributed by atoms with Gasteiger partial charge in [-0.05, 0) is 38.7 Å². The summed E-state index contributed by atoms with van der Waals surface area (Å²) in [5.41, 5.74) is -0.633. The predicted octanol–water partition coefficient (Wildman–Crippen LogP) is 0.973. The number of ether oxygens (including phenoxy) is 1. The molecule has 0 aliphatic carbocycles. The summed E-state index contributed by atoms with van der Waals surface area (Å²) < 4.78 is 18.5. The van der Waals surface area contributed by atoms with Crippen LogP contribution in [0.25, 0.3) is 0 Å². The molecule has 0 bridgehead atoms. The standard InChI is InChI=1S/C15H21FN2O3/c1-17(2)9-15(20)6-7-18(10-15)14(19)11-4-5-13(21-3)12(16)8-11/h4-5,8,20H,6-7,9-10H2,1-3H3. The van der Waals surface area contributed by atoms with Crippen LogP contribution in [0.2, 0.25) is 0 Å². The smallest absolute Gasteiger partial charge is 0.254 e. The molecule has 0 radical (unpaired) electrons. The molecule has 1 aliphatic rings. The van der Waals surface area contributed by atoms with E-state index in [1.807, 2.05) is 19.0 Å². The van der Waals surface area contributed by atoms with Crippen molar-refractivity contribution in [3.05, 3.63) is 29.6 Å². The van der Waals surface area contributed by atoms with E-state index in [0.717, 1.165) is 0 Å². The van der Waals surface area contributed by atoms with Gasteiger partial charge in [0.2, 0.25) is 0 Å². The van der Waals surface area contributed by atoms with Crippen molar-refractivity contribution in [1.82, 2.24) is 9.80 Å². The van der Waals surface area contributed by atoms with Gasteiger partial charge in [0.1, 0.15) is 0 Å². The number of benzene rings is 1. The summed E-state index contributed by atoms with van der Waals surface area (Å²) in [6.07, 6.45) is 0.523. The molecule has 0 saturated carbocycles. The second-order valence-corrected chi connectivity index (χ2v) is 5.79. The van der Waals surface area contributed by atoms with Crippen LogP contribution in [0.5, 0.6) is 5.75 Å². The monoisotopic (exact) mass is 296 g/mol. The Hall–Kier alpha value is -1.66. The van der Waals surface area contributed by atoms with Crippen LogP contribution in [0, 0.1) is 5.82 Å². The summed E-state index contributed by atoms with van der Waals surface area (Å²) in [5.74, 6) is -0.727. The maximum atomic E-state index is 13.7. The minimum Gasteiger partial charge on any atom is -0.494 e. The van der Waals surface area contributed by atoms with Crippen molar-refractivity contribution in [3.8, 4) is 5.75 Å². The first-order valence-electron chi connectivity index (χ1n) is 6.84. The molecule has 1 heterocycles. The number of amides is 1. The molecule has 1 aromatic carbocycles. The highest BCUT2D eigenvalue weighted by Gasteiger charge is 2.38. The summed E-state index contributed by atoms with van der Waals surface area (Å²) in [5, 5.41) is 10.4. The Kier molecular flexibility index (Phi) is 4.49. The van der Waals surface area contributed by atoms with E-state index in [9.17, 15) is 14.3 Å². The van der Waals surface area contributed by atoms with Crippen LogP contribution in [0.15, 0.2) is 18.2 Å². The van der Waals surface area contributed by atoms with E-state index in [1.165, 1.54) is 25.3 Å². The maximum absolute atomic E-state index is 13.7. The van der Waals surface area contributed by atoms with Crippen LogP contribution in [0.3, 0.4) is 0 Å². The minimum absolute atomic E-state index is 0.108. The molecule has 21 heavy (non-hydrogen) atoms. The molecule has 5 nitrogen and oxygen atoms in total. The molecule has 1 atom stereocenters. The van der Waals surface area contributed by atoms with Crippen molar-refractivity contribution in [1.29, 1.82) is 0 Å². The molecule has 1 aliphatic heterocycles. The van der Waals surface area contributed by atoms with Gasteiger partial charge >= 0.3 is 0 Å². The predicted molar refractivity (Wildman–Crippen MR) is 77.0 cm³/mol. The Balaban J connectivity index is 2.09. The van der Waals surface area contributed by atoms with Crippen LogP contribution >= 0.6 is 0 Å². The zero-order chi connectivity index (χ0) is 15.6. The number of likely N-dealkylation sites (tertiary alicyclic amines) is 1. The summed E-state index contributed by atoms with van der Waals surface area (Å²) >= 11 is 0. The number of carbonyl (C=O) groups excluding carboxylic acids is 1. The number of hydrogen-bond donors (Lipinski definition) is 1. The molecule has 6 heteroatoms. The molecule has 1 saturated heterocycles. The fraction of sp³-hybridized carbons (Fsp3) is 0.533. The highest BCUT2D eigenvalue weighted by molar-refractivity contribution is 5.94. The molecule has 2 rings (SSSR count). The van der Waals surface area contributed by atoms with Gasteiger partial charge in [-0.3, -0.25) is 4.79 Å². The first-order valence-corrected chi connectivity index (χ1v) is 6.84. The third-order valence-corrected chi connectivity index (χ3v) is 3.63. The molecule has 1 aromatic rings. The van der Waals surface area contributed by atoms with Gasteiger partial charge < -0.3 is 19.6 Å². The number of aliphatic hydroxyl groups is 1. The number of nitrogens with zero attached hydrogens (tertiary/aromatic N) is 2. The van der Waals surface area contributed by atoms with E-state index < -0.39 is 11.4 Å². The lowest BCUT2D eigenvalue weighted by molar-refractivity contribution is 0.0236. The molecule has 116 valence electrons. The molecule has 0 spiro atoms. The lowest BCUT2D eigenvalue weighted by Gasteiger charge is -2.26. The first-order chi connectivity index (χ1) is 9.84. The lowest BCUT2D eigenvalue weighted by Crippen LogP contribution is -2.43. The van der Waals surface area contributed by atoms with Gasteiger partial charge in [-0.25, -0.2) is 4.39 Å². The van der Waals surface area contributed by atoms with E-state index in [2.05, 4.69) is 0 Å². The van der Waals surface area contributed by atoms with Crippen molar-refractivity contribution >= 4 is 5.91 Å². The molecular formula is C15H21FN2O3. The van der Waals surface area contributed by atoms with Crippen molar-refractivity contribution in [3.63, 3.8) is 0 Å². The zero-order valence-electron chi connectivity index (χ0n) is 12.6. The van der Waals surface area contributed by atoms with Gasteiger partial charge in [0.05, 0.1) is 19.3 Å². The van der Waals surface area contributed by atoms with Gasteiger partial charge in [-0.15, -0.1) is 0 Å². The van der Waals surface area contributed by atoms with Crippen molar-refractivity contribution in [2.24, 2.45) is 0 Å². The van der Waals surface area contributed by atoms with Gasteiger partial charge in [0.15, 0.2) is 11.6 Å². The van der Waals surface area contributed by atoms with Crippen LogP contribution in [0.1, 0.15) is 16.8 Å². The van der Waals surface area contributed by atoms with E-state index in [-0.39, 0.29) is 23.8 Å². The van der Waals surface area contributed by atoms with E-state index in [4.69, 9.17) is 4.74 Å². The number of β-amino-alcohol motifs (C(OH)–C–C–N with tert-alkyl or cyclic N) is 1. The SMILES string of the molecule is COc1ccc(C(=O)N2CCC(O)(CN(C)C)C2)cc1F. The third-order valence-electron chi connectivity index (χ3n) is 3.63. The highest BCUT2D eigenvalue weighted by atomic mass is 19.1. The van der Waals surface area contributed by atoms with Gasteiger partial charge in [-0.2, -0.15) is 0 Å². The van der Waals surface area contributed by atoms with E-state index in [0.29, 0.717) is 19.5 Å². The zero-order valence-corrected chi connectivity index (χ0v) is 12.6. The Morgan fingerprint density at radius 1 is 1.52 bits per heavy atom. The van der Waals surface area contributed by atoms with Gasteiger partial charge in [-0.1, -0.05) is 0 Å². The average Bonchev–Trinajstić information content (AvgIpc) is 2.79. The van der Waals surface area contributed by atoms with Crippen LogP contribution in [-0.4, -0.2) is 67.3 Å². The number of rotatable bonds is 4. The summed E-state index contributed by atoms with van der Waals surface area (Å²) in [7, 11) is 5.13. The largest absolute Gasteiger partial charge is 0.494 e. The summed E-state index contributed by atoms with van der Waals surface area (Å²) in [4.78, 5) is 15.8. The second-order valence-electron chi connectivity index (χ2n) is 5.79. The Morgan fingerprint density at radius 3 is 2.81 bits per heavy atom.